The van der Waals surface area contributed by atoms with Crippen LogP contribution in [0, 0.1) is 0 Å². The average molecular weight is 715 g/mol. The van der Waals surface area contributed by atoms with Crippen LogP contribution < -0.4 is 18.9 Å². The second-order valence-corrected chi connectivity index (χ2v) is 12.9. The van der Waals surface area contributed by atoms with E-state index < -0.39 is 0 Å². The monoisotopic (exact) mass is 714 g/mol. The van der Waals surface area contributed by atoms with E-state index in [-0.39, 0.29) is 0 Å². The Hall–Kier alpha value is -4.16. The molecule has 0 N–H and O–H groups in total. The van der Waals surface area contributed by atoms with Crippen LogP contribution in [-0.4, -0.2) is 79.3 Å². The normalized spacial score (nSPS) is 11.3. The molecular weight excluding hydrogens is 673 g/mol. The van der Waals surface area contributed by atoms with Gasteiger partial charge < -0.3 is 37.9 Å². The van der Waals surface area contributed by atoms with Crippen molar-refractivity contribution in [2.75, 3.05) is 79.3 Å². The number of thiophene rings is 2. The summed E-state index contributed by atoms with van der Waals surface area (Å²) in [4.78, 5) is 2.09. The lowest BCUT2D eigenvalue weighted by Gasteiger charge is -2.11. The van der Waals surface area contributed by atoms with Crippen molar-refractivity contribution >= 4 is 44.2 Å². The number of fused-ring (bicyclic) bond motifs is 2. The van der Waals surface area contributed by atoms with Crippen molar-refractivity contribution in [1.82, 2.24) is 0 Å². The fourth-order valence-corrected chi connectivity index (χ4v) is 7.02. The standard InChI is InChI=1S/C40H42O8S2/c1-3-7-33-29-35(11-9-31(33)5-1)45-23-19-41-15-17-43-21-25-47-37-13-27-49-39(37)40-38(14-28-50-40)48-26-22-44-18-16-42-20-24-46-36-12-10-32-6-2-4-8-34(32)30-36/h1-14,27-30H,15-26H2. The van der Waals surface area contributed by atoms with Crippen LogP contribution >= 0.6 is 22.7 Å². The first-order valence-corrected chi connectivity index (χ1v) is 18.5. The Morgan fingerprint density at radius 2 is 0.700 bits per heavy atom. The Balaban J connectivity index is 0.779. The largest absolute Gasteiger partial charge is 0.491 e. The predicted octanol–water partition coefficient (Wildman–Crippen LogP) is 8.77. The third kappa shape index (κ3) is 10.9. The summed E-state index contributed by atoms with van der Waals surface area (Å²) in [7, 11) is 0. The fourth-order valence-electron chi connectivity index (χ4n) is 5.17. The lowest BCUT2D eigenvalue weighted by molar-refractivity contribution is 0.0273. The smallest absolute Gasteiger partial charge is 0.138 e. The second-order valence-electron chi connectivity index (χ2n) is 11.1. The first-order valence-electron chi connectivity index (χ1n) is 16.8. The van der Waals surface area contributed by atoms with Gasteiger partial charge in [0.25, 0.3) is 0 Å². The third-order valence-electron chi connectivity index (χ3n) is 7.61. The van der Waals surface area contributed by atoms with Crippen molar-refractivity contribution in [1.29, 1.82) is 0 Å². The van der Waals surface area contributed by atoms with Crippen LogP contribution in [0.25, 0.3) is 31.3 Å². The minimum atomic E-state index is 0.446. The van der Waals surface area contributed by atoms with Gasteiger partial charge in [-0.25, -0.2) is 0 Å². The summed E-state index contributed by atoms with van der Waals surface area (Å²) in [5.74, 6) is 3.34. The van der Waals surface area contributed by atoms with Crippen LogP contribution in [0.1, 0.15) is 0 Å². The highest BCUT2D eigenvalue weighted by Gasteiger charge is 2.15. The van der Waals surface area contributed by atoms with Gasteiger partial charge in [-0.05, 0) is 68.7 Å². The highest BCUT2D eigenvalue weighted by molar-refractivity contribution is 7.21. The molecule has 0 atom stereocenters. The first-order chi connectivity index (χ1) is 24.8. The minimum absolute atomic E-state index is 0.446. The molecule has 0 spiro atoms. The molecule has 50 heavy (non-hydrogen) atoms. The van der Waals surface area contributed by atoms with Crippen molar-refractivity contribution in [3.05, 3.63) is 108 Å². The van der Waals surface area contributed by atoms with E-state index in [0.29, 0.717) is 79.3 Å². The third-order valence-corrected chi connectivity index (χ3v) is 9.57. The highest BCUT2D eigenvalue weighted by atomic mass is 32.1. The average Bonchev–Trinajstić information content (AvgIpc) is 3.82. The van der Waals surface area contributed by atoms with Crippen molar-refractivity contribution in [3.63, 3.8) is 0 Å². The Morgan fingerprint density at radius 1 is 0.340 bits per heavy atom. The zero-order valence-corrected chi connectivity index (χ0v) is 29.6. The van der Waals surface area contributed by atoms with Crippen LogP contribution in [0.5, 0.6) is 23.0 Å². The molecule has 10 heteroatoms. The van der Waals surface area contributed by atoms with Gasteiger partial charge in [0.15, 0.2) is 0 Å². The maximum atomic E-state index is 6.05. The Kier molecular flexibility index (Phi) is 14.2. The predicted molar refractivity (Wildman–Crippen MR) is 201 cm³/mol. The van der Waals surface area contributed by atoms with Gasteiger partial charge in [0.1, 0.15) is 49.4 Å². The molecule has 6 aromatic rings. The van der Waals surface area contributed by atoms with Crippen LogP contribution in [-0.2, 0) is 18.9 Å². The van der Waals surface area contributed by atoms with Gasteiger partial charge in [0.05, 0.1) is 62.6 Å². The summed E-state index contributed by atoms with van der Waals surface area (Å²) in [5.41, 5.74) is 0. The van der Waals surface area contributed by atoms with Crippen LogP contribution in [0.15, 0.2) is 108 Å². The molecule has 0 radical (unpaired) electrons. The molecule has 0 saturated carbocycles. The van der Waals surface area contributed by atoms with Gasteiger partial charge in [-0.2, -0.15) is 0 Å². The molecule has 0 amide bonds. The molecule has 6 rings (SSSR count). The molecule has 0 fully saturated rings. The molecule has 262 valence electrons. The van der Waals surface area contributed by atoms with E-state index in [2.05, 4.69) is 36.4 Å². The summed E-state index contributed by atoms with van der Waals surface area (Å²) in [5, 5.41) is 8.78. The van der Waals surface area contributed by atoms with Crippen LogP contribution in [0.4, 0.5) is 0 Å². The van der Waals surface area contributed by atoms with E-state index in [4.69, 9.17) is 37.9 Å². The van der Waals surface area contributed by atoms with Crippen molar-refractivity contribution in [2.24, 2.45) is 0 Å². The Bertz CT molecular complexity index is 1730. The molecule has 2 aromatic heterocycles. The molecule has 0 bridgehead atoms. The number of hydrogen-bond donors (Lipinski definition) is 0. The quantitative estimate of drug-likeness (QED) is 0.0611. The molecule has 0 aliphatic carbocycles. The van der Waals surface area contributed by atoms with E-state index in [0.717, 1.165) is 43.5 Å². The van der Waals surface area contributed by atoms with Crippen molar-refractivity contribution in [3.8, 4) is 32.8 Å². The molecular formula is C40H42O8S2. The van der Waals surface area contributed by atoms with Gasteiger partial charge in [-0.3, -0.25) is 0 Å². The van der Waals surface area contributed by atoms with Crippen LogP contribution in [0.2, 0.25) is 0 Å². The summed E-state index contributed by atoms with van der Waals surface area (Å²) in [6, 6.07) is 32.6. The van der Waals surface area contributed by atoms with E-state index in [1.54, 1.807) is 22.7 Å². The maximum absolute atomic E-state index is 6.05. The lowest BCUT2D eigenvalue weighted by Crippen LogP contribution is -2.13. The Labute approximate surface area is 301 Å². The van der Waals surface area contributed by atoms with E-state index in [1.807, 2.05) is 71.4 Å². The first kappa shape index (κ1) is 35.7. The number of hydrogen-bond acceptors (Lipinski definition) is 10. The minimum Gasteiger partial charge on any atom is -0.491 e. The maximum Gasteiger partial charge on any atom is 0.138 e. The number of benzene rings is 4. The highest BCUT2D eigenvalue weighted by Crippen LogP contribution is 2.44. The molecule has 0 unspecified atom stereocenters. The summed E-state index contributed by atoms with van der Waals surface area (Å²) in [6.07, 6.45) is 0. The van der Waals surface area contributed by atoms with Crippen molar-refractivity contribution < 1.29 is 37.9 Å². The van der Waals surface area contributed by atoms with E-state index >= 15 is 0 Å². The number of rotatable bonds is 23. The van der Waals surface area contributed by atoms with Crippen LogP contribution in [0.3, 0.4) is 0 Å². The molecule has 0 aliphatic heterocycles. The van der Waals surface area contributed by atoms with Gasteiger partial charge in [0.2, 0.25) is 0 Å². The number of ether oxygens (including phenoxy) is 8. The topological polar surface area (TPSA) is 73.8 Å². The zero-order chi connectivity index (χ0) is 34.1. The SMILES string of the molecule is c1ccc2cc(OCCOCCOCCOc3ccsc3-c3sccc3OCCOCCOCCOc3ccc4ccccc4c3)ccc2c1. The zero-order valence-electron chi connectivity index (χ0n) is 28.0. The molecule has 4 aromatic carbocycles. The summed E-state index contributed by atoms with van der Waals surface area (Å²) in [6.45, 7) is 5.80. The van der Waals surface area contributed by atoms with Gasteiger partial charge in [0, 0.05) is 0 Å². The molecule has 0 saturated heterocycles. The Morgan fingerprint density at radius 3 is 1.12 bits per heavy atom. The second kappa shape index (κ2) is 19.9. The van der Waals surface area contributed by atoms with Gasteiger partial charge in [-0.1, -0.05) is 60.7 Å². The van der Waals surface area contributed by atoms with Crippen molar-refractivity contribution in [2.45, 2.75) is 0 Å². The molecule has 8 nitrogen and oxygen atoms in total. The van der Waals surface area contributed by atoms with E-state index in [1.165, 1.54) is 10.8 Å². The summed E-state index contributed by atoms with van der Waals surface area (Å²) < 4.78 is 46.4. The summed E-state index contributed by atoms with van der Waals surface area (Å²) >= 11 is 3.26. The van der Waals surface area contributed by atoms with Gasteiger partial charge >= 0.3 is 0 Å². The van der Waals surface area contributed by atoms with Gasteiger partial charge in [-0.15, -0.1) is 22.7 Å². The van der Waals surface area contributed by atoms with E-state index in [9.17, 15) is 0 Å². The lowest BCUT2D eigenvalue weighted by atomic mass is 10.1. The molecule has 0 aliphatic rings. The fraction of sp³-hybridized carbons (Fsp3) is 0.300. The molecule has 2 heterocycles.